The number of rotatable bonds is 4. The highest BCUT2D eigenvalue weighted by Crippen LogP contribution is 2.05. The summed E-state index contributed by atoms with van der Waals surface area (Å²) in [5.41, 5.74) is 0. The van der Waals surface area contributed by atoms with E-state index in [2.05, 4.69) is 0 Å². The molecule has 0 amide bonds. The maximum atomic E-state index is 10.3. The van der Waals surface area contributed by atoms with Crippen molar-refractivity contribution in [3.63, 3.8) is 0 Å². The van der Waals surface area contributed by atoms with E-state index in [-0.39, 0.29) is 0 Å². The Labute approximate surface area is 59.4 Å². The standard InChI is InChI=1S/C7H10O3/c1-2-3-6(4-5-8)7(9)10/h4,6H,2-3H2,1H3,(H,9,10). The number of hydrogen-bond donors (Lipinski definition) is 1. The third-order valence-corrected chi connectivity index (χ3v) is 1.19. The van der Waals surface area contributed by atoms with Gasteiger partial charge >= 0.3 is 5.97 Å². The molecule has 56 valence electrons. The molecule has 0 aromatic carbocycles. The van der Waals surface area contributed by atoms with Crippen molar-refractivity contribution in [3.8, 4) is 0 Å². The molecule has 3 nitrogen and oxygen atoms in total. The molecule has 0 fully saturated rings. The lowest BCUT2D eigenvalue weighted by Gasteiger charge is -2.00. The van der Waals surface area contributed by atoms with Crippen LogP contribution in [0.1, 0.15) is 19.8 Å². The van der Waals surface area contributed by atoms with Crippen molar-refractivity contribution in [1.29, 1.82) is 0 Å². The van der Waals surface area contributed by atoms with Gasteiger partial charge in [-0.15, -0.1) is 0 Å². The summed E-state index contributed by atoms with van der Waals surface area (Å²) in [5.74, 6) is -0.126. The van der Waals surface area contributed by atoms with Gasteiger partial charge in [0.15, 0.2) is 0 Å². The highest BCUT2D eigenvalue weighted by atomic mass is 16.4. The minimum atomic E-state index is -0.954. The number of hydrogen-bond acceptors (Lipinski definition) is 2. The SMILES string of the molecule is CCCC(C=C=O)C(=O)O. The Morgan fingerprint density at radius 2 is 2.40 bits per heavy atom. The molecule has 0 rings (SSSR count). The minimum Gasteiger partial charge on any atom is -0.481 e. The van der Waals surface area contributed by atoms with Gasteiger partial charge in [0.05, 0.1) is 5.92 Å². The van der Waals surface area contributed by atoms with Crippen molar-refractivity contribution in [2.24, 2.45) is 5.92 Å². The third-order valence-electron chi connectivity index (χ3n) is 1.19. The first kappa shape index (κ1) is 8.92. The summed E-state index contributed by atoms with van der Waals surface area (Å²) in [6, 6.07) is 0. The Balaban J connectivity index is 3.97. The van der Waals surface area contributed by atoms with Gasteiger partial charge in [0.25, 0.3) is 0 Å². The molecule has 10 heavy (non-hydrogen) atoms. The van der Waals surface area contributed by atoms with E-state index < -0.39 is 11.9 Å². The highest BCUT2D eigenvalue weighted by Gasteiger charge is 2.11. The molecule has 0 aromatic rings. The fourth-order valence-electron chi connectivity index (χ4n) is 0.671. The van der Waals surface area contributed by atoms with Crippen molar-refractivity contribution in [1.82, 2.24) is 0 Å². The fourth-order valence-corrected chi connectivity index (χ4v) is 0.671. The van der Waals surface area contributed by atoms with E-state index in [0.717, 1.165) is 12.5 Å². The van der Waals surface area contributed by atoms with Gasteiger partial charge in [0.1, 0.15) is 5.94 Å². The van der Waals surface area contributed by atoms with Crippen LogP contribution in [-0.2, 0) is 9.59 Å². The number of carbonyl (C=O) groups is 1. The van der Waals surface area contributed by atoms with Crippen LogP contribution >= 0.6 is 0 Å². The van der Waals surface area contributed by atoms with E-state index in [1.54, 1.807) is 0 Å². The Kier molecular flexibility index (Phi) is 4.25. The van der Waals surface area contributed by atoms with Crippen LogP contribution < -0.4 is 0 Å². The molecule has 1 N–H and O–H groups in total. The Morgan fingerprint density at radius 3 is 2.70 bits per heavy atom. The zero-order valence-corrected chi connectivity index (χ0v) is 5.83. The Bertz CT molecular complexity index is 154. The quantitative estimate of drug-likeness (QED) is 0.592. The van der Waals surface area contributed by atoms with Gasteiger partial charge in [-0.3, -0.25) is 4.79 Å². The van der Waals surface area contributed by atoms with Crippen LogP contribution in [-0.4, -0.2) is 17.0 Å². The predicted octanol–water partition coefficient (Wildman–Crippen LogP) is 0.875. The van der Waals surface area contributed by atoms with Crippen molar-refractivity contribution >= 4 is 11.9 Å². The molecule has 1 atom stereocenters. The highest BCUT2D eigenvalue weighted by molar-refractivity contribution is 5.74. The lowest BCUT2D eigenvalue weighted by atomic mass is 10.1. The number of aliphatic carboxylic acids is 1. The third kappa shape index (κ3) is 3.05. The molecule has 0 bridgehead atoms. The lowest BCUT2D eigenvalue weighted by Crippen LogP contribution is -2.10. The molecule has 0 heterocycles. The number of carboxylic acids is 1. The topological polar surface area (TPSA) is 54.4 Å². The van der Waals surface area contributed by atoms with Gasteiger partial charge in [-0.25, -0.2) is 4.79 Å². The molecule has 0 aliphatic carbocycles. The van der Waals surface area contributed by atoms with E-state index in [1.807, 2.05) is 6.92 Å². The van der Waals surface area contributed by atoms with Gasteiger partial charge in [0, 0.05) is 6.08 Å². The average molecular weight is 142 g/mol. The van der Waals surface area contributed by atoms with E-state index in [4.69, 9.17) is 5.11 Å². The molecule has 3 heteroatoms. The van der Waals surface area contributed by atoms with Crippen molar-refractivity contribution in [2.75, 3.05) is 0 Å². The van der Waals surface area contributed by atoms with E-state index in [9.17, 15) is 9.59 Å². The van der Waals surface area contributed by atoms with Crippen LogP contribution in [0.2, 0.25) is 0 Å². The van der Waals surface area contributed by atoms with Crippen LogP contribution in [0.5, 0.6) is 0 Å². The first-order chi connectivity index (χ1) is 4.72. The van der Waals surface area contributed by atoms with Crippen LogP contribution in [0.25, 0.3) is 0 Å². The first-order valence-corrected chi connectivity index (χ1v) is 3.16. The van der Waals surface area contributed by atoms with Crippen LogP contribution in [0.4, 0.5) is 0 Å². The van der Waals surface area contributed by atoms with Crippen molar-refractivity contribution in [3.05, 3.63) is 6.08 Å². The second-order valence-electron chi connectivity index (χ2n) is 2.02. The largest absolute Gasteiger partial charge is 0.481 e. The summed E-state index contributed by atoms with van der Waals surface area (Å²) in [6.45, 7) is 1.87. The van der Waals surface area contributed by atoms with E-state index >= 15 is 0 Å². The fraction of sp³-hybridized carbons (Fsp3) is 0.571. The molecule has 0 radical (unpaired) electrons. The predicted molar refractivity (Wildman–Crippen MR) is 36.3 cm³/mol. The van der Waals surface area contributed by atoms with Crippen molar-refractivity contribution < 1.29 is 14.7 Å². The van der Waals surface area contributed by atoms with E-state index in [0.29, 0.717) is 6.42 Å². The summed E-state index contributed by atoms with van der Waals surface area (Å²) in [6.07, 6.45) is 2.31. The summed E-state index contributed by atoms with van der Waals surface area (Å²) in [4.78, 5) is 20.0. The maximum Gasteiger partial charge on any atom is 0.311 e. The number of carbonyl (C=O) groups excluding carboxylic acids is 1. The molecule has 1 unspecified atom stereocenters. The minimum absolute atomic E-state index is 0.505. The van der Waals surface area contributed by atoms with E-state index in [1.165, 1.54) is 5.94 Å². The van der Waals surface area contributed by atoms with Gasteiger partial charge in [-0.2, -0.15) is 0 Å². The Hall–Kier alpha value is -1.08. The Morgan fingerprint density at radius 1 is 1.80 bits per heavy atom. The molecule has 0 spiro atoms. The van der Waals surface area contributed by atoms with Crippen LogP contribution in [0.15, 0.2) is 6.08 Å². The van der Waals surface area contributed by atoms with Crippen LogP contribution in [0.3, 0.4) is 0 Å². The maximum absolute atomic E-state index is 10.3. The average Bonchev–Trinajstić information content (AvgIpc) is 1.87. The summed E-state index contributed by atoms with van der Waals surface area (Å²) < 4.78 is 0. The van der Waals surface area contributed by atoms with Gasteiger partial charge < -0.3 is 5.11 Å². The summed E-state index contributed by atoms with van der Waals surface area (Å²) in [5, 5.41) is 8.43. The molecular formula is C7H10O3. The second-order valence-corrected chi connectivity index (χ2v) is 2.02. The molecule has 0 aliphatic heterocycles. The van der Waals surface area contributed by atoms with Gasteiger partial charge in [-0.1, -0.05) is 13.3 Å². The van der Waals surface area contributed by atoms with Crippen LogP contribution in [0, 0.1) is 5.92 Å². The van der Waals surface area contributed by atoms with Crippen molar-refractivity contribution in [2.45, 2.75) is 19.8 Å². The van der Waals surface area contributed by atoms with Gasteiger partial charge in [0.2, 0.25) is 0 Å². The molecule has 0 aliphatic rings. The first-order valence-electron chi connectivity index (χ1n) is 3.16. The zero-order chi connectivity index (χ0) is 7.98. The second kappa shape index (κ2) is 4.77. The zero-order valence-electron chi connectivity index (χ0n) is 5.83. The normalized spacial score (nSPS) is 11.7. The molecular weight excluding hydrogens is 132 g/mol. The molecule has 0 aromatic heterocycles. The number of carboxylic acid groups (broad SMARTS) is 1. The molecule has 0 saturated heterocycles. The smallest absolute Gasteiger partial charge is 0.311 e. The monoisotopic (exact) mass is 142 g/mol. The lowest BCUT2D eigenvalue weighted by molar-refractivity contribution is -0.140. The summed E-state index contributed by atoms with van der Waals surface area (Å²) >= 11 is 0. The molecule has 0 saturated carbocycles. The summed E-state index contributed by atoms with van der Waals surface area (Å²) in [7, 11) is 0. The van der Waals surface area contributed by atoms with Gasteiger partial charge in [-0.05, 0) is 6.42 Å².